The number of ketones is 1. The van der Waals surface area contributed by atoms with Crippen LogP contribution in [-0.2, 0) is 6.42 Å². The number of nitrogens with zero attached hydrogens (tertiary/aromatic N) is 1. The molecule has 116 valence electrons. The van der Waals surface area contributed by atoms with Gasteiger partial charge in [-0.15, -0.1) is 11.8 Å². The number of hydrogen-bond acceptors (Lipinski definition) is 3. The quantitative estimate of drug-likeness (QED) is 0.590. The van der Waals surface area contributed by atoms with Crippen LogP contribution in [0.4, 0.5) is 0 Å². The molecule has 1 unspecified atom stereocenters. The fourth-order valence-electron chi connectivity index (χ4n) is 2.49. The predicted octanol–water partition coefficient (Wildman–Crippen LogP) is 4.15. The van der Waals surface area contributed by atoms with Crippen LogP contribution in [0.25, 0.3) is 0 Å². The molecule has 3 heteroatoms. The van der Waals surface area contributed by atoms with Crippen molar-refractivity contribution >= 4 is 17.5 Å². The Balaban J connectivity index is 2.31. The second kappa shape index (κ2) is 7.12. The van der Waals surface area contributed by atoms with Gasteiger partial charge in [0.05, 0.1) is 5.54 Å². The third-order valence-corrected chi connectivity index (χ3v) is 4.96. The van der Waals surface area contributed by atoms with E-state index in [0.29, 0.717) is 6.42 Å². The van der Waals surface area contributed by atoms with Gasteiger partial charge in [0.1, 0.15) is 0 Å². The van der Waals surface area contributed by atoms with Gasteiger partial charge in [-0.2, -0.15) is 0 Å². The summed E-state index contributed by atoms with van der Waals surface area (Å²) in [7, 11) is 3.94. The Labute approximate surface area is 137 Å². The van der Waals surface area contributed by atoms with Crippen molar-refractivity contribution in [3.05, 3.63) is 65.7 Å². The topological polar surface area (TPSA) is 20.3 Å². The van der Waals surface area contributed by atoms with Gasteiger partial charge in [0.25, 0.3) is 0 Å². The minimum Gasteiger partial charge on any atom is -0.297 e. The Bertz CT molecular complexity index is 622. The van der Waals surface area contributed by atoms with Crippen LogP contribution in [0.1, 0.15) is 22.8 Å². The summed E-state index contributed by atoms with van der Waals surface area (Å²) in [6.07, 6.45) is 2.74. The van der Waals surface area contributed by atoms with Crippen molar-refractivity contribution in [2.75, 3.05) is 20.4 Å². The van der Waals surface area contributed by atoms with Crippen LogP contribution in [0.15, 0.2) is 59.5 Å². The maximum Gasteiger partial charge on any atom is 0.183 e. The number of thioether (sulfide) groups is 1. The van der Waals surface area contributed by atoms with Gasteiger partial charge in [0.2, 0.25) is 0 Å². The number of Topliss-reactive ketones (excluding diaryl/α,β-unsaturated/α-hetero) is 1. The van der Waals surface area contributed by atoms with Crippen LogP contribution < -0.4 is 0 Å². The second-order valence-corrected chi connectivity index (χ2v) is 6.77. The van der Waals surface area contributed by atoms with Crippen molar-refractivity contribution in [2.24, 2.45) is 0 Å². The molecule has 0 N–H and O–H groups in total. The van der Waals surface area contributed by atoms with E-state index in [-0.39, 0.29) is 5.78 Å². The van der Waals surface area contributed by atoms with Crippen LogP contribution in [0.5, 0.6) is 0 Å². The molecule has 0 saturated carbocycles. The molecule has 22 heavy (non-hydrogen) atoms. The Morgan fingerprint density at radius 1 is 1.05 bits per heavy atom. The van der Waals surface area contributed by atoms with Gasteiger partial charge in [-0.05, 0) is 51.4 Å². The Hall–Kier alpha value is -1.58. The van der Waals surface area contributed by atoms with Crippen molar-refractivity contribution in [3.63, 3.8) is 0 Å². The molecule has 0 radical (unpaired) electrons. The maximum absolute atomic E-state index is 13.1. The highest BCUT2D eigenvalue weighted by Gasteiger charge is 2.36. The van der Waals surface area contributed by atoms with Crippen LogP contribution in [0.3, 0.4) is 0 Å². The number of carbonyl (C=O) groups is 1. The highest BCUT2D eigenvalue weighted by atomic mass is 32.2. The van der Waals surface area contributed by atoms with E-state index in [4.69, 9.17) is 0 Å². The number of benzene rings is 2. The van der Waals surface area contributed by atoms with E-state index in [2.05, 4.69) is 12.1 Å². The molecule has 2 nitrogen and oxygen atoms in total. The molecule has 0 aliphatic rings. The molecule has 0 fully saturated rings. The van der Waals surface area contributed by atoms with Crippen LogP contribution >= 0.6 is 11.8 Å². The molecule has 0 aliphatic carbocycles. The molecule has 0 bridgehead atoms. The van der Waals surface area contributed by atoms with Crippen molar-refractivity contribution in [1.82, 2.24) is 4.90 Å². The summed E-state index contributed by atoms with van der Waals surface area (Å²) >= 11 is 1.68. The molecule has 0 aliphatic heterocycles. The van der Waals surface area contributed by atoms with Gasteiger partial charge in [-0.3, -0.25) is 9.69 Å². The van der Waals surface area contributed by atoms with E-state index in [1.165, 1.54) is 10.5 Å². The van der Waals surface area contributed by atoms with Crippen molar-refractivity contribution in [3.8, 4) is 0 Å². The van der Waals surface area contributed by atoms with E-state index < -0.39 is 5.54 Å². The molecule has 0 aromatic heterocycles. The van der Waals surface area contributed by atoms with E-state index in [0.717, 1.165) is 5.56 Å². The highest BCUT2D eigenvalue weighted by Crippen LogP contribution is 2.25. The fourth-order valence-corrected chi connectivity index (χ4v) is 2.90. The predicted molar refractivity (Wildman–Crippen MR) is 94.8 cm³/mol. The number of likely N-dealkylation sites (N-methyl/N-ethyl adjacent to an activating group) is 1. The molecule has 1 atom stereocenters. The molecular formula is C19H23NOS. The lowest BCUT2D eigenvalue weighted by Gasteiger charge is -2.35. The minimum atomic E-state index is -0.553. The maximum atomic E-state index is 13.1. The van der Waals surface area contributed by atoms with Crippen molar-refractivity contribution in [1.29, 1.82) is 0 Å². The Morgan fingerprint density at radius 2 is 1.64 bits per heavy atom. The van der Waals surface area contributed by atoms with Gasteiger partial charge < -0.3 is 0 Å². The third kappa shape index (κ3) is 3.60. The van der Waals surface area contributed by atoms with Gasteiger partial charge >= 0.3 is 0 Å². The molecule has 0 saturated heterocycles. The molecule has 0 spiro atoms. The molecule has 2 aromatic carbocycles. The van der Waals surface area contributed by atoms with Crippen molar-refractivity contribution in [2.45, 2.75) is 23.8 Å². The average molecular weight is 313 g/mol. The summed E-state index contributed by atoms with van der Waals surface area (Å²) in [4.78, 5) is 16.3. The highest BCUT2D eigenvalue weighted by molar-refractivity contribution is 7.98. The lowest BCUT2D eigenvalue weighted by Crippen LogP contribution is -2.50. The second-order valence-electron chi connectivity index (χ2n) is 5.89. The van der Waals surface area contributed by atoms with E-state index >= 15 is 0 Å². The number of rotatable bonds is 6. The zero-order valence-corrected chi connectivity index (χ0v) is 14.5. The first kappa shape index (κ1) is 16.8. The summed E-state index contributed by atoms with van der Waals surface area (Å²) in [5, 5.41) is 0. The van der Waals surface area contributed by atoms with E-state index in [9.17, 15) is 4.79 Å². The number of hydrogen-bond donors (Lipinski definition) is 0. The Kier molecular flexibility index (Phi) is 5.43. The van der Waals surface area contributed by atoms with Gasteiger partial charge in [0, 0.05) is 10.5 Å². The minimum absolute atomic E-state index is 0.161. The number of carbonyl (C=O) groups excluding carboxylic acids is 1. The van der Waals surface area contributed by atoms with E-state index in [1.54, 1.807) is 11.8 Å². The summed E-state index contributed by atoms with van der Waals surface area (Å²) in [5.41, 5.74) is 1.39. The average Bonchev–Trinajstić information content (AvgIpc) is 2.55. The largest absolute Gasteiger partial charge is 0.297 e. The smallest absolute Gasteiger partial charge is 0.183 e. The van der Waals surface area contributed by atoms with Gasteiger partial charge in [-0.25, -0.2) is 0 Å². The normalized spacial score (nSPS) is 13.9. The standard InChI is InChI=1S/C19H23NOS/c1-19(20(2)3,14-15-8-6-5-7-9-15)18(21)16-10-12-17(22-4)13-11-16/h5-13H,14H2,1-4H3. The first-order valence-corrected chi connectivity index (χ1v) is 8.60. The lowest BCUT2D eigenvalue weighted by atomic mass is 9.84. The first-order chi connectivity index (χ1) is 10.5. The molecule has 2 aromatic rings. The third-order valence-electron chi connectivity index (χ3n) is 4.22. The summed E-state index contributed by atoms with van der Waals surface area (Å²) in [6, 6.07) is 18.1. The van der Waals surface area contributed by atoms with E-state index in [1.807, 2.05) is 74.6 Å². The summed E-state index contributed by atoms with van der Waals surface area (Å²) in [6.45, 7) is 2.02. The SMILES string of the molecule is CSc1ccc(C(=O)C(C)(Cc2ccccc2)N(C)C)cc1. The zero-order valence-electron chi connectivity index (χ0n) is 13.7. The molecular weight excluding hydrogens is 290 g/mol. The van der Waals surface area contributed by atoms with Gasteiger partial charge in [-0.1, -0.05) is 42.5 Å². The monoisotopic (exact) mass is 313 g/mol. The zero-order chi connectivity index (χ0) is 16.2. The van der Waals surface area contributed by atoms with Crippen molar-refractivity contribution < 1.29 is 4.79 Å². The van der Waals surface area contributed by atoms with Gasteiger partial charge in [0.15, 0.2) is 5.78 Å². The Morgan fingerprint density at radius 3 is 2.14 bits per heavy atom. The molecule has 0 heterocycles. The van der Waals surface area contributed by atoms with Crippen LogP contribution in [0.2, 0.25) is 0 Å². The first-order valence-electron chi connectivity index (χ1n) is 7.37. The molecule has 0 amide bonds. The summed E-state index contributed by atoms with van der Waals surface area (Å²) in [5.74, 6) is 0.161. The lowest BCUT2D eigenvalue weighted by molar-refractivity contribution is 0.0719. The fraction of sp³-hybridized carbons (Fsp3) is 0.316. The molecule has 2 rings (SSSR count). The van der Waals surface area contributed by atoms with Crippen LogP contribution in [-0.4, -0.2) is 36.6 Å². The summed E-state index contributed by atoms with van der Waals surface area (Å²) < 4.78 is 0. The van der Waals surface area contributed by atoms with Crippen LogP contribution in [0, 0.1) is 0 Å².